The van der Waals surface area contributed by atoms with E-state index in [4.69, 9.17) is 0 Å². The van der Waals surface area contributed by atoms with Crippen LogP contribution in [0.2, 0.25) is 0 Å². The van der Waals surface area contributed by atoms with Crippen molar-refractivity contribution in [3.8, 4) is 0 Å². The highest BCUT2D eigenvalue weighted by molar-refractivity contribution is 14.0. The molecule has 2 rings (SSSR count). The predicted molar refractivity (Wildman–Crippen MR) is 107 cm³/mol. The topological polar surface area (TPSA) is 49.3 Å². The van der Waals surface area contributed by atoms with Crippen molar-refractivity contribution < 1.29 is 0 Å². The van der Waals surface area contributed by atoms with Gasteiger partial charge in [0.25, 0.3) is 0 Å². The molecule has 0 atom stereocenters. The molecule has 2 N–H and O–H groups in total. The molecule has 126 valence electrons. The summed E-state index contributed by atoms with van der Waals surface area (Å²) in [5, 5.41) is 8.15. The molecular formula is C16H29IN4S. The van der Waals surface area contributed by atoms with E-state index in [-0.39, 0.29) is 24.0 Å². The summed E-state index contributed by atoms with van der Waals surface area (Å²) in [6.07, 6.45) is 7.95. The van der Waals surface area contributed by atoms with Crippen LogP contribution in [0.4, 0.5) is 0 Å². The van der Waals surface area contributed by atoms with Gasteiger partial charge in [0.15, 0.2) is 5.96 Å². The lowest BCUT2D eigenvalue weighted by Crippen LogP contribution is -2.46. The van der Waals surface area contributed by atoms with Gasteiger partial charge < -0.3 is 10.6 Å². The first-order chi connectivity index (χ1) is 9.98. The van der Waals surface area contributed by atoms with Crippen LogP contribution < -0.4 is 10.6 Å². The fourth-order valence-electron chi connectivity index (χ4n) is 2.74. The first kappa shape index (κ1) is 19.7. The number of nitrogens with one attached hydrogen (secondary N) is 2. The van der Waals surface area contributed by atoms with E-state index in [1.54, 1.807) is 11.3 Å². The third kappa shape index (κ3) is 6.40. The highest BCUT2D eigenvalue weighted by Gasteiger charge is 2.27. The van der Waals surface area contributed by atoms with Crippen LogP contribution in [-0.4, -0.2) is 30.6 Å². The minimum absolute atomic E-state index is 0. The third-order valence-electron chi connectivity index (χ3n) is 4.20. The lowest BCUT2D eigenvalue weighted by Gasteiger charge is -2.35. The van der Waals surface area contributed by atoms with Crippen LogP contribution in [0, 0.1) is 12.3 Å². The molecule has 0 amide bonds. The van der Waals surface area contributed by atoms with E-state index < -0.39 is 0 Å². The van der Waals surface area contributed by atoms with Crippen molar-refractivity contribution in [1.82, 2.24) is 15.6 Å². The van der Waals surface area contributed by atoms with E-state index in [0.717, 1.165) is 18.9 Å². The van der Waals surface area contributed by atoms with Gasteiger partial charge in [-0.2, -0.15) is 0 Å². The zero-order valence-electron chi connectivity index (χ0n) is 14.1. The second-order valence-electron chi connectivity index (χ2n) is 6.70. The van der Waals surface area contributed by atoms with Gasteiger partial charge in [0.2, 0.25) is 0 Å². The van der Waals surface area contributed by atoms with Gasteiger partial charge in [-0.25, -0.2) is 4.98 Å². The first-order valence-corrected chi connectivity index (χ1v) is 8.69. The summed E-state index contributed by atoms with van der Waals surface area (Å²) in [6.45, 7) is 7.71. The van der Waals surface area contributed by atoms with E-state index in [2.05, 4.69) is 41.4 Å². The SMILES string of the molecule is CN=C(NCCc1ncc(C)s1)NC1CCC(C)(C)CC1.I. The van der Waals surface area contributed by atoms with Crippen LogP contribution in [0.25, 0.3) is 0 Å². The van der Waals surface area contributed by atoms with Crippen LogP contribution >= 0.6 is 35.3 Å². The Labute approximate surface area is 155 Å². The molecule has 0 radical (unpaired) electrons. The quantitative estimate of drug-likeness (QED) is 0.430. The molecule has 1 aromatic rings. The molecule has 0 spiro atoms. The van der Waals surface area contributed by atoms with Crippen molar-refractivity contribution >= 4 is 41.3 Å². The van der Waals surface area contributed by atoms with Crippen LogP contribution in [0.5, 0.6) is 0 Å². The van der Waals surface area contributed by atoms with Crippen molar-refractivity contribution in [2.75, 3.05) is 13.6 Å². The molecule has 1 fully saturated rings. The minimum Gasteiger partial charge on any atom is -0.356 e. The van der Waals surface area contributed by atoms with Crippen molar-refractivity contribution in [3.05, 3.63) is 16.1 Å². The molecular weight excluding hydrogens is 407 g/mol. The maximum atomic E-state index is 4.39. The molecule has 0 aromatic carbocycles. The number of hydrogen-bond donors (Lipinski definition) is 2. The van der Waals surface area contributed by atoms with Crippen molar-refractivity contribution in [1.29, 1.82) is 0 Å². The van der Waals surface area contributed by atoms with E-state index in [9.17, 15) is 0 Å². The minimum atomic E-state index is 0. The standard InChI is InChI=1S/C16H28N4S.HI/c1-12-11-19-14(21-12)7-10-18-15(17-4)20-13-5-8-16(2,3)9-6-13;/h11,13H,5-10H2,1-4H3,(H2,17,18,20);1H. The highest BCUT2D eigenvalue weighted by Crippen LogP contribution is 2.34. The third-order valence-corrected chi connectivity index (χ3v) is 5.18. The number of nitrogens with zero attached hydrogens (tertiary/aromatic N) is 2. The van der Waals surface area contributed by atoms with Crippen LogP contribution in [0.1, 0.15) is 49.4 Å². The summed E-state index contributed by atoms with van der Waals surface area (Å²) >= 11 is 1.77. The predicted octanol–water partition coefficient (Wildman–Crippen LogP) is 3.75. The normalized spacial score (nSPS) is 18.6. The smallest absolute Gasteiger partial charge is 0.191 e. The average molecular weight is 436 g/mol. The van der Waals surface area contributed by atoms with E-state index in [1.165, 1.54) is 35.6 Å². The Morgan fingerprint density at radius 2 is 2.09 bits per heavy atom. The summed E-state index contributed by atoms with van der Waals surface area (Å²) in [5.41, 5.74) is 0.512. The van der Waals surface area contributed by atoms with Gasteiger partial charge in [-0.05, 0) is 38.0 Å². The second kappa shape index (κ2) is 9.05. The van der Waals surface area contributed by atoms with Gasteiger partial charge in [0.1, 0.15) is 0 Å². The number of hydrogen-bond acceptors (Lipinski definition) is 3. The number of guanidine groups is 1. The molecule has 4 nitrogen and oxygen atoms in total. The zero-order chi connectivity index (χ0) is 15.3. The molecule has 1 heterocycles. The second-order valence-corrected chi connectivity index (χ2v) is 8.02. The number of aromatic nitrogens is 1. The summed E-state index contributed by atoms with van der Waals surface area (Å²) in [7, 11) is 1.84. The lowest BCUT2D eigenvalue weighted by atomic mass is 9.75. The number of rotatable bonds is 4. The molecule has 22 heavy (non-hydrogen) atoms. The lowest BCUT2D eigenvalue weighted by molar-refractivity contribution is 0.216. The van der Waals surface area contributed by atoms with Crippen molar-refractivity contribution in [2.24, 2.45) is 10.4 Å². The summed E-state index contributed by atoms with van der Waals surface area (Å²) < 4.78 is 0. The Hall–Kier alpha value is -0.370. The van der Waals surface area contributed by atoms with Gasteiger partial charge in [0.05, 0.1) is 5.01 Å². The Kier molecular flexibility index (Phi) is 8.10. The maximum absolute atomic E-state index is 4.39. The molecule has 1 saturated carbocycles. The number of aliphatic imine (C=N–C) groups is 1. The Morgan fingerprint density at radius 1 is 1.41 bits per heavy atom. The fraction of sp³-hybridized carbons (Fsp3) is 0.750. The summed E-state index contributed by atoms with van der Waals surface area (Å²) in [6, 6.07) is 0.561. The average Bonchev–Trinajstić information content (AvgIpc) is 2.85. The van der Waals surface area contributed by atoms with Gasteiger partial charge in [-0.15, -0.1) is 35.3 Å². The van der Waals surface area contributed by atoms with Gasteiger partial charge in [0, 0.05) is 37.1 Å². The summed E-state index contributed by atoms with van der Waals surface area (Å²) in [5.74, 6) is 0.924. The van der Waals surface area contributed by atoms with Crippen molar-refractivity contribution in [3.63, 3.8) is 0 Å². The van der Waals surface area contributed by atoms with Gasteiger partial charge in [-0.3, -0.25) is 4.99 Å². The molecule has 0 unspecified atom stereocenters. The Morgan fingerprint density at radius 3 is 2.64 bits per heavy atom. The Balaban J connectivity index is 0.00000242. The van der Waals surface area contributed by atoms with E-state index >= 15 is 0 Å². The molecule has 0 bridgehead atoms. The monoisotopic (exact) mass is 436 g/mol. The maximum Gasteiger partial charge on any atom is 0.191 e. The van der Waals surface area contributed by atoms with Gasteiger partial charge in [-0.1, -0.05) is 13.8 Å². The van der Waals surface area contributed by atoms with Crippen LogP contribution in [-0.2, 0) is 6.42 Å². The molecule has 0 aliphatic heterocycles. The number of halogens is 1. The zero-order valence-corrected chi connectivity index (χ0v) is 17.3. The highest BCUT2D eigenvalue weighted by atomic mass is 127. The van der Waals surface area contributed by atoms with Crippen LogP contribution in [0.15, 0.2) is 11.2 Å². The van der Waals surface area contributed by atoms with E-state index in [1.807, 2.05) is 13.2 Å². The van der Waals surface area contributed by atoms with E-state index in [0.29, 0.717) is 11.5 Å². The van der Waals surface area contributed by atoms with Crippen LogP contribution in [0.3, 0.4) is 0 Å². The summed E-state index contributed by atoms with van der Waals surface area (Å²) in [4.78, 5) is 10.00. The molecule has 1 aliphatic rings. The molecule has 6 heteroatoms. The van der Waals surface area contributed by atoms with Crippen molar-refractivity contribution in [2.45, 2.75) is 58.9 Å². The first-order valence-electron chi connectivity index (χ1n) is 7.87. The largest absolute Gasteiger partial charge is 0.356 e. The Bertz CT molecular complexity index is 474. The molecule has 1 aromatic heterocycles. The number of aryl methyl sites for hydroxylation is 1. The number of thiazole rings is 1. The molecule has 1 aliphatic carbocycles. The van der Waals surface area contributed by atoms with Gasteiger partial charge >= 0.3 is 0 Å². The fourth-order valence-corrected chi connectivity index (χ4v) is 3.52. The molecule has 0 saturated heterocycles.